The van der Waals surface area contributed by atoms with Crippen LogP contribution in [0.2, 0.25) is 12.6 Å². The van der Waals surface area contributed by atoms with Crippen molar-refractivity contribution < 1.29 is 19.1 Å². The number of fused-ring (bicyclic) bond motifs is 3. The number of nitrogens with one attached hydrogen (secondary N) is 4. The van der Waals surface area contributed by atoms with Crippen LogP contribution in [0.25, 0.3) is 11.0 Å². The normalized spacial score (nSPS) is 25.7. The van der Waals surface area contributed by atoms with Crippen molar-refractivity contribution in [1.29, 1.82) is 0 Å². The standard InChI is InChI=1S/C38H49N7O4Si/c1-6-39-36(48)32(37-15-13-24(18-37)19-37)44-34(46)23(3)25-11-12-27-28(17-25)42-33(41-27)31(43-35(47)29-14-16-40-45(29)4)38(21-50-5)22(2)20-49-30-10-8-7-9-26(30)38/h7-12,14,16-17,22-24,31-32H,6,13,15,18-21,50H2,1-5H3,(H,39,48)(H,41,42)(H,43,47)(H,44,46)/t22?,23?,24?,31-,32+,37?,38+/m1/s1. The van der Waals surface area contributed by atoms with Gasteiger partial charge in [-0.15, -0.1) is 0 Å². The van der Waals surface area contributed by atoms with Gasteiger partial charge in [-0.2, -0.15) is 5.10 Å². The Kier molecular flexibility index (Phi) is 9.08. The Morgan fingerprint density at radius 1 is 1.12 bits per heavy atom. The number of H-pyrrole nitrogens is 1. The molecular formula is C38H49N7O4Si. The number of hydrogen-bond acceptors (Lipinski definition) is 6. The number of rotatable bonds is 12. The number of ether oxygens (including phenoxy) is 1. The molecule has 1 aliphatic heterocycles. The smallest absolute Gasteiger partial charge is 0.270 e. The molecule has 3 amide bonds. The van der Waals surface area contributed by atoms with Gasteiger partial charge in [-0.25, -0.2) is 4.98 Å². The second-order valence-electron chi connectivity index (χ2n) is 14.9. The van der Waals surface area contributed by atoms with Gasteiger partial charge in [0.05, 0.1) is 29.6 Å². The third-order valence-electron chi connectivity index (χ3n) is 11.9. The second-order valence-corrected chi connectivity index (χ2v) is 16.4. The van der Waals surface area contributed by atoms with Crippen LogP contribution in [-0.2, 0) is 22.1 Å². The summed E-state index contributed by atoms with van der Waals surface area (Å²) in [6.07, 6.45) is 5.74. The van der Waals surface area contributed by atoms with Gasteiger partial charge in [-0.05, 0) is 75.3 Å². The number of carbonyl (C=O) groups is 3. The fourth-order valence-corrected chi connectivity index (χ4v) is 11.1. The Hall–Kier alpha value is -4.45. The number of benzene rings is 2. The van der Waals surface area contributed by atoms with Crippen LogP contribution < -0.4 is 20.7 Å². The fraction of sp³-hybridized carbons (Fsp3) is 0.500. The Balaban J connectivity index is 1.24. The zero-order valence-electron chi connectivity index (χ0n) is 29.7. The molecule has 2 aromatic carbocycles. The highest BCUT2D eigenvalue weighted by molar-refractivity contribution is 6.34. The lowest BCUT2D eigenvalue weighted by Gasteiger charge is -2.48. The minimum absolute atomic E-state index is 0.0808. The van der Waals surface area contributed by atoms with Gasteiger partial charge in [0, 0.05) is 51.6 Å². The first-order valence-corrected chi connectivity index (χ1v) is 20.6. The first kappa shape index (κ1) is 34.0. The van der Waals surface area contributed by atoms with Crippen molar-refractivity contribution in [3.05, 3.63) is 77.4 Å². The van der Waals surface area contributed by atoms with Gasteiger partial charge >= 0.3 is 0 Å². The molecule has 8 rings (SSSR count). The summed E-state index contributed by atoms with van der Waals surface area (Å²) < 4.78 is 7.82. The van der Waals surface area contributed by atoms with Crippen molar-refractivity contribution in [2.75, 3.05) is 13.2 Å². The molecule has 3 heterocycles. The molecule has 2 unspecified atom stereocenters. The summed E-state index contributed by atoms with van der Waals surface area (Å²) in [5, 5.41) is 13.8. The van der Waals surface area contributed by atoms with Gasteiger partial charge in [0.1, 0.15) is 23.3 Å². The topological polar surface area (TPSA) is 143 Å². The lowest BCUT2D eigenvalue weighted by Crippen LogP contribution is -2.58. The molecule has 50 heavy (non-hydrogen) atoms. The average molecular weight is 696 g/mol. The van der Waals surface area contributed by atoms with Crippen LogP contribution in [0.15, 0.2) is 54.7 Å². The maximum absolute atomic E-state index is 13.9. The number of amides is 3. The highest BCUT2D eigenvalue weighted by atomic mass is 28.2. The summed E-state index contributed by atoms with van der Waals surface area (Å²) in [4.78, 5) is 49.6. The average Bonchev–Trinajstić information content (AvgIpc) is 3.91. The molecule has 11 nitrogen and oxygen atoms in total. The first-order valence-electron chi connectivity index (χ1n) is 18.2. The van der Waals surface area contributed by atoms with E-state index in [2.05, 4.69) is 45.6 Å². The molecule has 4 aliphatic rings. The molecule has 2 aromatic heterocycles. The third kappa shape index (κ3) is 5.71. The molecule has 4 aromatic rings. The third-order valence-corrected chi connectivity index (χ3v) is 13.2. The van der Waals surface area contributed by atoms with Crippen LogP contribution >= 0.6 is 0 Å². The summed E-state index contributed by atoms with van der Waals surface area (Å²) in [6, 6.07) is 15.6. The van der Waals surface area contributed by atoms with E-state index in [1.807, 2.05) is 50.2 Å². The monoisotopic (exact) mass is 695 g/mol. The van der Waals surface area contributed by atoms with Crippen molar-refractivity contribution >= 4 is 38.3 Å². The van der Waals surface area contributed by atoms with E-state index in [4.69, 9.17) is 9.72 Å². The van der Waals surface area contributed by atoms with Crippen molar-refractivity contribution in [2.45, 2.75) is 82.5 Å². The Morgan fingerprint density at radius 2 is 1.92 bits per heavy atom. The van der Waals surface area contributed by atoms with Crippen molar-refractivity contribution in [3.63, 3.8) is 0 Å². The number of aromatic nitrogens is 4. The SMILES string of the molecule is CCNC(=O)[C@H](NC(=O)C(C)c1ccc2nc([C@@H](NC(=O)c3ccnn3C)[C@]3(C[SiH2]C)c4ccccc4OCC3C)[nH]c2c1)C12CCC(C1)C2. The van der Waals surface area contributed by atoms with Gasteiger partial charge in [0.25, 0.3) is 5.91 Å². The largest absolute Gasteiger partial charge is 0.493 e. The van der Waals surface area contributed by atoms with Crippen LogP contribution in [-0.4, -0.2) is 66.2 Å². The van der Waals surface area contributed by atoms with Crippen LogP contribution in [0.3, 0.4) is 0 Å². The number of aryl methyl sites for hydroxylation is 1. The minimum atomic E-state index is -0.523. The molecule has 264 valence electrons. The first-order chi connectivity index (χ1) is 24.1. The molecule has 0 saturated heterocycles. The lowest BCUT2D eigenvalue weighted by molar-refractivity contribution is -0.134. The van der Waals surface area contributed by atoms with Crippen LogP contribution in [0.4, 0.5) is 0 Å². The van der Waals surface area contributed by atoms with Gasteiger partial charge < -0.3 is 25.7 Å². The Bertz CT molecular complexity index is 1910. The van der Waals surface area contributed by atoms with Crippen LogP contribution in [0, 0.1) is 17.3 Å². The van der Waals surface area contributed by atoms with Gasteiger partial charge in [0.15, 0.2) is 0 Å². The summed E-state index contributed by atoms with van der Waals surface area (Å²) in [6.45, 7) is 9.35. The van der Waals surface area contributed by atoms with Crippen molar-refractivity contribution in [2.24, 2.45) is 24.3 Å². The Morgan fingerprint density at radius 3 is 2.62 bits per heavy atom. The van der Waals surface area contributed by atoms with E-state index in [9.17, 15) is 14.4 Å². The number of carbonyl (C=O) groups excluding carboxylic acids is 3. The molecular weight excluding hydrogens is 647 g/mol. The van der Waals surface area contributed by atoms with E-state index in [0.29, 0.717) is 30.6 Å². The zero-order valence-corrected chi connectivity index (χ0v) is 31.1. The number of nitrogens with zero attached hydrogens (tertiary/aromatic N) is 3. The number of para-hydroxylation sites is 1. The van der Waals surface area contributed by atoms with E-state index in [1.54, 1.807) is 24.0 Å². The van der Waals surface area contributed by atoms with E-state index >= 15 is 0 Å². The van der Waals surface area contributed by atoms with E-state index < -0.39 is 32.9 Å². The summed E-state index contributed by atoms with van der Waals surface area (Å²) in [5.41, 5.74) is 3.30. The minimum Gasteiger partial charge on any atom is -0.493 e. The fourth-order valence-electron chi connectivity index (χ4n) is 9.24. The maximum atomic E-state index is 13.9. The molecule has 0 spiro atoms. The van der Waals surface area contributed by atoms with Crippen molar-refractivity contribution in [3.8, 4) is 5.75 Å². The second kappa shape index (κ2) is 13.4. The zero-order chi connectivity index (χ0) is 35.2. The molecule has 0 radical (unpaired) electrons. The molecule has 4 N–H and O–H groups in total. The predicted molar refractivity (Wildman–Crippen MR) is 195 cm³/mol. The molecule has 3 fully saturated rings. The van der Waals surface area contributed by atoms with Gasteiger partial charge in [-0.3, -0.25) is 19.1 Å². The highest BCUT2D eigenvalue weighted by Crippen LogP contribution is 2.60. The number of imidazole rings is 1. The van der Waals surface area contributed by atoms with Gasteiger partial charge in [-0.1, -0.05) is 43.8 Å². The van der Waals surface area contributed by atoms with E-state index in [0.717, 1.165) is 59.6 Å². The Labute approximate surface area is 295 Å². The summed E-state index contributed by atoms with van der Waals surface area (Å²) >= 11 is 0. The maximum Gasteiger partial charge on any atom is 0.270 e. The molecule has 3 saturated carbocycles. The molecule has 5 atom stereocenters. The lowest BCUT2D eigenvalue weighted by atomic mass is 9.64. The quantitative estimate of drug-likeness (QED) is 0.163. The summed E-state index contributed by atoms with van der Waals surface area (Å²) in [7, 11) is 1.24. The van der Waals surface area contributed by atoms with Gasteiger partial charge in [0.2, 0.25) is 11.8 Å². The van der Waals surface area contributed by atoms with E-state index in [1.165, 1.54) is 0 Å². The summed E-state index contributed by atoms with van der Waals surface area (Å²) in [5.74, 6) is 1.29. The number of likely N-dealkylation sites (N-methyl/N-ethyl adjacent to an activating group) is 1. The van der Waals surface area contributed by atoms with Crippen molar-refractivity contribution in [1.82, 2.24) is 35.7 Å². The molecule has 12 heteroatoms. The highest BCUT2D eigenvalue weighted by Gasteiger charge is 2.57. The predicted octanol–water partition coefficient (Wildman–Crippen LogP) is 4.28. The number of aromatic amines is 1. The molecule has 3 aliphatic carbocycles. The van der Waals surface area contributed by atoms with Crippen LogP contribution in [0.5, 0.6) is 5.75 Å². The van der Waals surface area contributed by atoms with E-state index in [-0.39, 0.29) is 29.1 Å². The molecule has 2 bridgehead atoms. The number of hydrogen-bond donors (Lipinski definition) is 4. The van der Waals surface area contributed by atoms with Crippen LogP contribution in [0.1, 0.15) is 85.9 Å².